The van der Waals surface area contributed by atoms with E-state index in [2.05, 4.69) is 12.1 Å². The highest BCUT2D eigenvalue weighted by Gasteiger charge is 2.43. The molecule has 2 nitrogen and oxygen atoms in total. The minimum Gasteiger partial charge on any atom is -0.375 e. The molecule has 0 aromatic heterocycles. The lowest BCUT2D eigenvalue weighted by molar-refractivity contribution is -0.145. The predicted molar refractivity (Wildman–Crippen MR) is 85.4 cm³/mol. The van der Waals surface area contributed by atoms with Crippen molar-refractivity contribution in [1.29, 1.82) is 0 Å². The molecule has 20 heavy (non-hydrogen) atoms. The van der Waals surface area contributed by atoms with Gasteiger partial charge in [-0.25, -0.2) is 0 Å². The highest BCUT2D eigenvalue weighted by molar-refractivity contribution is 7.99. The van der Waals surface area contributed by atoms with Gasteiger partial charge in [-0.05, 0) is 62.3 Å². The van der Waals surface area contributed by atoms with Crippen LogP contribution in [0.2, 0.25) is 5.02 Å². The Balaban J connectivity index is 1.51. The van der Waals surface area contributed by atoms with E-state index in [1.165, 1.54) is 24.2 Å². The van der Waals surface area contributed by atoms with Gasteiger partial charge in [0.15, 0.2) is 0 Å². The first-order valence-electron chi connectivity index (χ1n) is 7.45. The summed E-state index contributed by atoms with van der Waals surface area (Å²) >= 11 is 7.73. The third-order valence-electron chi connectivity index (χ3n) is 4.66. The maximum Gasteiger partial charge on any atom is 0.0685 e. The van der Waals surface area contributed by atoms with Crippen LogP contribution in [-0.2, 0) is 4.74 Å². The summed E-state index contributed by atoms with van der Waals surface area (Å²) in [6.45, 7) is 0.893. The first kappa shape index (κ1) is 14.7. The van der Waals surface area contributed by atoms with Crippen LogP contribution in [0.1, 0.15) is 32.1 Å². The molecule has 1 saturated heterocycles. The molecule has 0 bridgehead atoms. The van der Waals surface area contributed by atoms with Gasteiger partial charge < -0.3 is 10.5 Å². The van der Waals surface area contributed by atoms with E-state index < -0.39 is 0 Å². The van der Waals surface area contributed by atoms with Gasteiger partial charge >= 0.3 is 0 Å². The second-order valence-electron chi connectivity index (χ2n) is 6.07. The van der Waals surface area contributed by atoms with Crippen LogP contribution >= 0.6 is 23.4 Å². The Morgan fingerprint density at radius 2 is 2.10 bits per heavy atom. The molecule has 1 spiro atoms. The van der Waals surface area contributed by atoms with E-state index in [4.69, 9.17) is 22.1 Å². The van der Waals surface area contributed by atoms with Crippen LogP contribution in [-0.4, -0.2) is 24.0 Å². The van der Waals surface area contributed by atoms with Crippen LogP contribution in [0.4, 0.5) is 0 Å². The average Bonchev–Trinajstić information content (AvgIpc) is 2.45. The molecule has 2 unspecified atom stereocenters. The smallest absolute Gasteiger partial charge is 0.0685 e. The fourth-order valence-electron chi connectivity index (χ4n) is 3.21. The Hall–Kier alpha value is -0.220. The standard InChI is InChI=1S/C16H22ClNOS/c17-13-2-4-14(5-3-13)20-11-15(18)12-6-9-19-16(10-12)7-1-8-16/h2-5,12,15H,1,6-11,18H2. The molecule has 0 radical (unpaired) electrons. The summed E-state index contributed by atoms with van der Waals surface area (Å²) in [5, 5.41) is 0.787. The highest BCUT2D eigenvalue weighted by Crippen LogP contribution is 2.45. The Labute approximate surface area is 130 Å². The minimum atomic E-state index is 0.200. The van der Waals surface area contributed by atoms with Crippen molar-refractivity contribution in [3.63, 3.8) is 0 Å². The Morgan fingerprint density at radius 3 is 2.75 bits per heavy atom. The zero-order valence-corrected chi connectivity index (χ0v) is 13.3. The van der Waals surface area contributed by atoms with Gasteiger partial charge in [0.05, 0.1) is 5.60 Å². The fourth-order valence-corrected chi connectivity index (χ4v) is 4.32. The summed E-state index contributed by atoms with van der Waals surface area (Å²) in [5.41, 5.74) is 6.62. The van der Waals surface area contributed by atoms with Crippen molar-refractivity contribution in [2.75, 3.05) is 12.4 Å². The van der Waals surface area contributed by atoms with E-state index in [0.29, 0.717) is 5.92 Å². The monoisotopic (exact) mass is 311 g/mol. The molecule has 1 saturated carbocycles. The van der Waals surface area contributed by atoms with E-state index in [9.17, 15) is 0 Å². The van der Waals surface area contributed by atoms with Gasteiger partial charge in [0.25, 0.3) is 0 Å². The largest absolute Gasteiger partial charge is 0.375 e. The van der Waals surface area contributed by atoms with Crippen molar-refractivity contribution in [1.82, 2.24) is 0 Å². The van der Waals surface area contributed by atoms with Crippen LogP contribution in [0.5, 0.6) is 0 Å². The molecule has 1 aliphatic heterocycles. The number of hydrogen-bond donors (Lipinski definition) is 1. The first-order chi connectivity index (χ1) is 9.67. The van der Waals surface area contributed by atoms with Crippen LogP contribution in [0, 0.1) is 5.92 Å². The van der Waals surface area contributed by atoms with Crippen LogP contribution in [0.25, 0.3) is 0 Å². The molecule has 1 aromatic carbocycles. The number of rotatable bonds is 4. The van der Waals surface area contributed by atoms with Crippen LogP contribution < -0.4 is 5.73 Å². The van der Waals surface area contributed by atoms with Crippen molar-refractivity contribution >= 4 is 23.4 Å². The van der Waals surface area contributed by atoms with Crippen LogP contribution in [0.15, 0.2) is 29.2 Å². The summed E-state index contributed by atoms with van der Waals surface area (Å²) in [4.78, 5) is 1.25. The molecule has 2 atom stereocenters. The SMILES string of the molecule is NC(CSc1ccc(Cl)cc1)C1CCOC2(CCC2)C1. The molecule has 1 aromatic rings. The van der Waals surface area contributed by atoms with E-state index in [-0.39, 0.29) is 11.6 Å². The Kier molecular flexibility index (Phi) is 4.61. The van der Waals surface area contributed by atoms with Gasteiger partial charge in [0.2, 0.25) is 0 Å². The average molecular weight is 312 g/mol. The molecular weight excluding hydrogens is 290 g/mol. The van der Waals surface area contributed by atoms with Crippen LogP contribution in [0.3, 0.4) is 0 Å². The highest BCUT2D eigenvalue weighted by atomic mass is 35.5. The Morgan fingerprint density at radius 1 is 1.35 bits per heavy atom. The molecular formula is C16H22ClNOS. The summed E-state index contributed by atoms with van der Waals surface area (Å²) in [5.74, 6) is 1.59. The predicted octanol–water partition coefficient (Wildman–Crippen LogP) is 4.11. The van der Waals surface area contributed by atoms with E-state index in [1.54, 1.807) is 0 Å². The lowest BCUT2D eigenvalue weighted by Gasteiger charge is -2.48. The zero-order valence-electron chi connectivity index (χ0n) is 11.7. The number of halogens is 1. The molecule has 2 fully saturated rings. The summed E-state index contributed by atoms with van der Waals surface area (Å²) < 4.78 is 5.98. The molecule has 2 N–H and O–H groups in total. The van der Waals surface area contributed by atoms with Gasteiger partial charge in [-0.15, -0.1) is 11.8 Å². The molecule has 1 heterocycles. The molecule has 3 rings (SSSR count). The third-order valence-corrected chi connectivity index (χ3v) is 6.07. The van der Waals surface area contributed by atoms with E-state index in [1.807, 2.05) is 23.9 Å². The first-order valence-corrected chi connectivity index (χ1v) is 8.81. The molecule has 1 aliphatic carbocycles. The van der Waals surface area contributed by atoms with Crippen molar-refractivity contribution in [2.24, 2.45) is 11.7 Å². The number of benzene rings is 1. The fraction of sp³-hybridized carbons (Fsp3) is 0.625. The van der Waals surface area contributed by atoms with Gasteiger partial charge in [-0.1, -0.05) is 11.6 Å². The lowest BCUT2D eigenvalue weighted by atomic mass is 9.71. The summed E-state index contributed by atoms with van der Waals surface area (Å²) in [6, 6.07) is 8.27. The normalized spacial score (nSPS) is 26.2. The summed E-state index contributed by atoms with van der Waals surface area (Å²) in [6.07, 6.45) is 6.07. The topological polar surface area (TPSA) is 35.2 Å². The lowest BCUT2D eigenvalue weighted by Crippen LogP contribution is -2.49. The number of nitrogens with two attached hydrogens (primary N) is 1. The second-order valence-corrected chi connectivity index (χ2v) is 7.60. The Bertz CT molecular complexity index is 446. The molecule has 0 amide bonds. The molecule has 4 heteroatoms. The van der Waals surface area contributed by atoms with Gasteiger partial charge in [-0.3, -0.25) is 0 Å². The second kappa shape index (κ2) is 6.27. The van der Waals surface area contributed by atoms with Crippen molar-refractivity contribution < 1.29 is 4.74 Å². The van der Waals surface area contributed by atoms with Gasteiger partial charge in [0.1, 0.15) is 0 Å². The van der Waals surface area contributed by atoms with E-state index in [0.717, 1.165) is 30.2 Å². The molecule has 2 aliphatic rings. The van der Waals surface area contributed by atoms with Gasteiger partial charge in [-0.2, -0.15) is 0 Å². The zero-order chi connectivity index (χ0) is 14.0. The van der Waals surface area contributed by atoms with Crippen molar-refractivity contribution in [2.45, 2.75) is 48.6 Å². The van der Waals surface area contributed by atoms with Gasteiger partial charge in [0, 0.05) is 28.3 Å². The van der Waals surface area contributed by atoms with Crippen molar-refractivity contribution in [3.05, 3.63) is 29.3 Å². The van der Waals surface area contributed by atoms with E-state index >= 15 is 0 Å². The number of hydrogen-bond acceptors (Lipinski definition) is 3. The number of ether oxygens (including phenoxy) is 1. The number of thioether (sulfide) groups is 1. The maximum atomic E-state index is 6.42. The summed E-state index contributed by atoms with van der Waals surface area (Å²) in [7, 11) is 0. The third kappa shape index (κ3) is 3.33. The maximum absolute atomic E-state index is 6.42. The quantitative estimate of drug-likeness (QED) is 0.850. The minimum absolute atomic E-state index is 0.200. The molecule has 110 valence electrons. The van der Waals surface area contributed by atoms with Crippen molar-refractivity contribution in [3.8, 4) is 0 Å².